The average Bonchev–Trinajstić information content (AvgIpc) is 2.75. The monoisotopic (exact) mass is 234 g/mol. The van der Waals surface area contributed by atoms with E-state index in [2.05, 4.69) is 10.3 Å². The Morgan fingerprint density at radius 1 is 1.41 bits per heavy atom. The lowest BCUT2D eigenvalue weighted by molar-refractivity contribution is 0.160. The summed E-state index contributed by atoms with van der Waals surface area (Å²) in [5.41, 5.74) is 2.08. The van der Waals surface area contributed by atoms with Crippen molar-refractivity contribution in [2.45, 2.75) is 13.0 Å². The van der Waals surface area contributed by atoms with E-state index in [1.54, 1.807) is 0 Å². The van der Waals surface area contributed by atoms with Crippen molar-refractivity contribution >= 4 is 5.69 Å². The molecule has 0 fully saturated rings. The fourth-order valence-corrected chi connectivity index (χ4v) is 1.45. The average molecular weight is 234 g/mol. The van der Waals surface area contributed by atoms with Gasteiger partial charge >= 0.3 is 5.76 Å². The molecule has 0 radical (unpaired) electrons. The summed E-state index contributed by atoms with van der Waals surface area (Å²) < 4.78 is 4.75. The molecule has 0 saturated heterocycles. The van der Waals surface area contributed by atoms with Gasteiger partial charge in [0.25, 0.3) is 0 Å². The Labute approximate surface area is 98.1 Å². The number of oxazole rings is 1. The third kappa shape index (κ3) is 2.98. The standard InChI is InChI=1S/C12H14N2O3/c1-8-2-4-9(5-3-8)13-6-10(15)11-7-14-12(16)17-11/h2-5,7,10,13,15H,6H2,1H3,(H,14,16). The Kier molecular flexibility index (Phi) is 3.30. The normalized spacial score (nSPS) is 12.4. The maximum atomic E-state index is 10.8. The van der Waals surface area contributed by atoms with Crippen molar-refractivity contribution in [3.8, 4) is 0 Å². The van der Waals surface area contributed by atoms with E-state index in [1.807, 2.05) is 31.2 Å². The number of anilines is 1. The Balaban J connectivity index is 1.94. The molecule has 0 aliphatic rings. The molecule has 2 aromatic rings. The minimum Gasteiger partial charge on any atom is -0.410 e. The number of nitrogens with one attached hydrogen (secondary N) is 2. The first kappa shape index (κ1) is 11.5. The molecule has 1 aromatic heterocycles. The highest BCUT2D eigenvalue weighted by Gasteiger charge is 2.11. The first-order chi connectivity index (χ1) is 8.15. The fraction of sp³-hybridized carbons (Fsp3) is 0.250. The van der Waals surface area contributed by atoms with Gasteiger partial charge in [-0.05, 0) is 19.1 Å². The van der Waals surface area contributed by atoms with Crippen LogP contribution < -0.4 is 11.1 Å². The first-order valence-corrected chi connectivity index (χ1v) is 5.32. The van der Waals surface area contributed by atoms with Gasteiger partial charge in [-0.1, -0.05) is 17.7 Å². The molecular formula is C12H14N2O3. The van der Waals surface area contributed by atoms with E-state index in [9.17, 15) is 9.90 Å². The lowest BCUT2D eigenvalue weighted by Gasteiger charge is -2.10. The van der Waals surface area contributed by atoms with Crippen molar-refractivity contribution in [1.82, 2.24) is 4.98 Å². The molecule has 90 valence electrons. The minimum atomic E-state index is -0.852. The summed E-state index contributed by atoms with van der Waals surface area (Å²) in [4.78, 5) is 13.1. The molecule has 1 heterocycles. The topological polar surface area (TPSA) is 78.3 Å². The highest BCUT2D eigenvalue weighted by molar-refractivity contribution is 5.44. The van der Waals surface area contributed by atoms with E-state index in [4.69, 9.17) is 4.42 Å². The molecular weight excluding hydrogens is 220 g/mol. The van der Waals surface area contributed by atoms with Crippen LogP contribution in [0.2, 0.25) is 0 Å². The van der Waals surface area contributed by atoms with Crippen molar-refractivity contribution in [2.24, 2.45) is 0 Å². The third-order valence-electron chi connectivity index (χ3n) is 2.42. The van der Waals surface area contributed by atoms with Gasteiger partial charge in [0.1, 0.15) is 6.10 Å². The third-order valence-corrected chi connectivity index (χ3v) is 2.42. The summed E-state index contributed by atoms with van der Waals surface area (Å²) in [6, 6.07) is 7.81. The summed E-state index contributed by atoms with van der Waals surface area (Å²) in [7, 11) is 0. The Bertz CT molecular complexity index is 527. The number of H-pyrrole nitrogens is 1. The second-order valence-corrected chi connectivity index (χ2v) is 3.84. The maximum absolute atomic E-state index is 10.8. The van der Waals surface area contributed by atoms with Gasteiger partial charge in [0, 0.05) is 18.4 Å². The number of benzene rings is 1. The zero-order valence-corrected chi connectivity index (χ0v) is 9.43. The number of aliphatic hydroxyl groups excluding tert-OH is 1. The number of aliphatic hydroxyl groups is 1. The van der Waals surface area contributed by atoms with Gasteiger partial charge in [-0.15, -0.1) is 0 Å². The zero-order valence-electron chi connectivity index (χ0n) is 9.43. The van der Waals surface area contributed by atoms with Crippen LogP contribution in [0.25, 0.3) is 0 Å². The van der Waals surface area contributed by atoms with Gasteiger partial charge in [-0.25, -0.2) is 4.79 Å². The highest BCUT2D eigenvalue weighted by atomic mass is 16.4. The molecule has 0 aliphatic carbocycles. The molecule has 1 unspecified atom stereocenters. The summed E-state index contributed by atoms with van der Waals surface area (Å²) in [6.45, 7) is 2.29. The van der Waals surface area contributed by atoms with Crippen LogP contribution in [0.1, 0.15) is 17.4 Å². The number of hydrogen-bond acceptors (Lipinski definition) is 4. The van der Waals surface area contributed by atoms with Crippen LogP contribution in [0, 0.1) is 6.92 Å². The summed E-state index contributed by atoms with van der Waals surface area (Å²) in [5.74, 6) is -0.330. The smallest absolute Gasteiger partial charge is 0.410 e. The lowest BCUT2D eigenvalue weighted by Crippen LogP contribution is -2.11. The molecule has 1 aromatic carbocycles. The van der Waals surface area contributed by atoms with Crippen LogP contribution in [0.15, 0.2) is 39.7 Å². The molecule has 2 rings (SSSR count). The van der Waals surface area contributed by atoms with E-state index in [1.165, 1.54) is 11.8 Å². The number of aromatic amines is 1. The first-order valence-electron chi connectivity index (χ1n) is 5.32. The van der Waals surface area contributed by atoms with E-state index >= 15 is 0 Å². The van der Waals surface area contributed by atoms with Crippen LogP contribution in [0.3, 0.4) is 0 Å². The van der Waals surface area contributed by atoms with Gasteiger partial charge in [0.05, 0.1) is 0 Å². The molecule has 0 bridgehead atoms. The van der Waals surface area contributed by atoms with E-state index in [0.717, 1.165) is 5.69 Å². The molecule has 0 amide bonds. The van der Waals surface area contributed by atoms with Gasteiger partial charge in [0.2, 0.25) is 0 Å². The van der Waals surface area contributed by atoms with Gasteiger partial charge in [-0.2, -0.15) is 0 Å². The molecule has 0 spiro atoms. The Hall–Kier alpha value is -2.01. The number of hydrogen-bond donors (Lipinski definition) is 3. The lowest BCUT2D eigenvalue weighted by atomic mass is 10.2. The maximum Gasteiger partial charge on any atom is 0.416 e. The SMILES string of the molecule is Cc1ccc(NCC(O)c2c[nH]c(=O)o2)cc1. The molecule has 0 saturated carbocycles. The number of aryl methyl sites for hydroxylation is 1. The molecule has 1 atom stereocenters. The molecule has 5 nitrogen and oxygen atoms in total. The van der Waals surface area contributed by atoms with Crippen LogP contribution in [-0.2, 0) is 0 Å². The predicted octanol–water partition coefficient (Wildman–Crippen LogP) is 1.42. The van der Waals surface area contributed by atoms with Crippen LogP contribution in [0.4, 0.5) is 5.69 Å². The quantitative estimate of drug-likeness (QED) is 0.747. The molecule has 3 N–H and O–H groups in total. The summed E-state index contributed by atoms with van der Waals surface area (Å²) in [5, 5.41) is 12.8. The van der Waals surface area contributed by atoms with Crippen molar-refractivity contribution in [1.29, 1.82) is 0 Å². The van der Waals surface area contributed by atoms with Crippen molar-refractivity contribution in [3.63, 3.8) is 0 Å². The molecule has 17 heavy (non-hydrogen) atoms. The largest absolute Gasteiger partial charge is 0.416 e. The summed E-state index contributed by atoms with van der Waals surface area (Å²) >= 11 is 0. The molecule has 0 aliphatic heterocycles. The fourth-order valence-electron chi connectivity index (χ4n) is 1.45. The second-order valence-electron chi connectivity index (χ2n) is 3.84. The van der Waals surface area contributed by atoms with E-state index in [0.29, 0.717) is 0 Å². The Morgan fingerprint density at radius 3 is 2.71 bits per heavy atom. The van der Waals surface area contributed by atoms with E-state index in [-0.39, 0.29) is 12.3 Å². The van der Waals surface area contributed by atoms with Crippen molar-refractivity contribution in [2.75, 3.05) is 11.9 Å². The minimum absolute atomic E-state index is 0.231. The van der Waals surface area contributed by atoms with Crippen LogP contribution in [-0.4, -0.2) is 16.6 Å². The van der Waals surface area contributed by atoms with Crippen molar-refractivity contribution < 1.29 is 9.52 Å². The van der Waals surface area contributed by atoms with Crippen LogP contribution >= 0.6 is 0 Å². The zero-order chi connectivity index (χ0) is 12.3. The van der Waals surface area contributed by atoms with Gasteiger partial charge < -0.3 is 14.8 Å². The number of aromatic nitrogens is 1. The van der Waals surface area contributed by atoms with Crippen molar-refractivity contribution in [3.05, 3.63) is 52.3 Å². The Morgan fingerprint density at radius 2 is 2.12 bits per heavy atom. The molecule has 5 heteroatoms. The van der Waals surface area contributed by atoms with Gasteiger partial charge in [0.15, 0.2) is 5.76 Å². The number of rotatable bonds is 4. The highest BCUT2D eigenvalue weighted by Crippen LogP contribution is 2.13. The predicted molar refractivity (Wildman–Crippen MR) is 64.0 cm³/mol. The van der Waals surface area contributed by atoms with E-state index < -0.39 is 11.9 Å². The van der Waals surface area contributed by atoms with Crippen LogP contribution in [0.5, 0.6) is 0 Å². The summed E-state index contributed by atoms with van der Waals surface area (Å²) in [6.07, 6.45) is 0.513. The second kappa shape index (κ2) is 4.88. The van der Waals surface area contributed by atoms with Gasteiger partial charge in [-0.3, -0.25) is 4.98 Å².